The lowest BCUT2D eigenvalue weighted by Crippen LogP contribution is -1.97. The normalized spacial score (nSPS) is 10.8. The van der Waals surface area contributed by atoms with Crippen LogP contribution < -0.4 is 4.74 Å². The summed E-state index contributed by atoms with van der Waals surface area (Å²) in [5.74, 6) is 1.52. The van der Waals surface area contributed by atoms with Crippen LogP contribution in [-0.4, -0.2) is 13.2 Å². The van der Waals surface area contributed by atoms with Gasteiger partial charge in [0.1, 0.15) is 11.5 Å². The fraction of sp³-hybridized carbons (Fsp3) is 0.333. The van der Waals surface area contributed by atoms with Crippen LogP contribution in [0.25, 0.3) is 0 Å². The van der Waals surface area contributed by atoms with Crippen LogP contribution in [0.1, 0.15) is 25.0 Å². The van der Waals surface area contributed by atoms with Crippen LogP contribution in [0.2, 0.25) is 0 Å². The van der Waals surface area contributed by atoms with Gasteiger partial charge in [-0.25, -0.2) is 0 Å². The molecule has 0 N–H and O–H groups in total. The standard InChI is InChI=1S/C18H20Br2O3/c1-3-21-11-13-7-5-9-15(17(13)19)23-16-10-6-8-14(18(16)20)12-22-4-2/h5-10H,3-4,11-12H2,1-2H3. The first-order valence-electron chi connectivity index (χ1n) is 7.55. The SMILES string of the molecule is CCOCc1cccc(Oc2cccc(COCC)c2Br)c1Br. The molecule has 2 aromatic rings. The molecule has 0 aliphatic heterocycles. The number of benzene rings is 2. The highest BCUT2D eigenvalue weighted by Gasteiger charge is 2.12. The van der Waals surface area contributed by atoms with Crippen LogP contribution in [0.5, 0.6) is 11.5 Å². The molecule has 0 aromatic heterocycles. The Bertz CT molecular complexity index is 589. The maximum absolute atomic E-state index is 6.08. The molecule has 2 aromatic carbocycles. The molecule has 3 nitrogen and oxygen atoms in total. The third kappa shape index (κ3) is 5.05. The van der Waals surface area contributed by atoms with Crippen molar-refractivity contribution in [2.24, 2.45) is 0 Å². The van der Waals surface area contributed by atoms with Crippen LogP contribution in [0.3, 0.4) is 0 Å². The monoisotopic (exact) mass is 442 g/mol. The molecular formula is C18H20Br2O3. The van der Waals surface area contributed by atoms with Gasteiger partial charge in [-0.05, 0) is 69.0 Å². The molecule has 0 saturated heterocycles. The summed E-state index contributed by atoms with van der Waals surface area (Å²) in [6.07, 6.45) is 0. The summed E-state index contributed by atoms with van der Waals surface area (Å²) in [4.78, 5) is 0. The Hall–Kier alpha value is -0.880. The molecule has 0 aliphatic carbocycles. The van der Waals surface area contributed by atoms with Gasteiger partial charge in [0.2, 0.25) is 0 Å². The minimum absolute atomic E-state index is 0.555. The Morgan fingerprint density at radius 2 is 1.17 bits per heavy atom. The zero-order chi connectivity index (χ0) is 16.7. The van der Waals surface area contributed by atoms with Gasteiger partial charge in [0, 0.05) is 13.2 Å². The first-order chi connectivity index (χ1) is 11.2. The summed E-state index contributed by atoms with van der Waals surface area (Å²) in [5.41, 5.74) is 2.12. The highest BCUT2D eigenvalue weighted by molar-refractivity contribution is 9.11. The molecule has 0 radical (unpaired) electrons. The Morgan fingerprint density at radius 3 is 1.57 bits per heavy atom. The third-order valence-corrected chi connectivity index (χ3v) is 5.03. The lowest BCUT2D eigenvalue weighted by molar-refractivity contribution is 0.133. The second-order valence-electron chi connectivity index (χ2n) is 4.83. The highest BCUT2D eigenvalue weighted by atomic mass is 79.9. The van der Waals surface area contributed by atoms with Gasteiger partial charge in [0.05, 0.1) is 22.2 Å². The Balaban J connectivity index is 2.22. The van der Waals surface area contributed by atoms with Gasteiger partial charge in [-0.15, -0.1) is 0 Å². The fourth-order valence-electron chi connectivity index (χ4n) is 2.04. The van der Waals surface area contributed by atoms with Crippen LogP contribution in [-0.2, 0) is 22.7 Å². The van der Waals surface area contributed by atoms with E-state index in [1.165, 1.54) is 0 Å². The van der Waals surface area contributed by atoms with Gasteiger partial charge in [-0.3, -0.25) is 0 Å². The van der Waals surface area contributed by atoms with Crippen molar-refractivity contribution < 1.29 is 14.2 Å². The Labute approximate surface area is 154 Å². The van der Waals surface area contributed by atoms with Crippen molar-refractivity contribution in [3.63, 3.8) is 0 Å². The highest BCUT2D eigenvalue weighted by Crippen LogP contribution is 2.37. The Kier molecular flexibility index (Phi) is 7.56. The zero-order valence-corrected chi connectivity index (χ0v) is 16.4. The predicted molar refractivity (Wildman–Crippen MR) is 99.0 cm³/mol. The van der Waals surface area contributed by atoms with Crippen molar-refractivity contribution in [3.8, 4) is 11.5 Å². The second kappa shape index (κ2) is 9.42. The lowest BCUT2D eigenvalue weighted by Gasteiger charge is -2.14. The molecule has 124 valence electrons. The number of rotatable bonds is 8. The van der Waals surface area contributed by atoms with Crippen LogP contribution in [0.15, 0.2) is 45.3 Å². The van der Waals surface area contributed by atoms with Crippen molar-refractivity contribution in [2.45, 2.75) is 27.1 Å². The molecule has 0 heterocycles. The van der Waals surface area contributed by atoms with Gasteiger partial charge in [0.15, 0.2) is 0 Å². The average Bonchev–Trinajstić information content (AvgIpc) is 2.56. The largest absolute Gasteiger partial charge is 0.455 e. The fourth-order valence-corrected chi connectivity index (χ4v) is 2.96. The van der Waals surface area contributed by atoms with E-state index in [-0.39, 0.29) is 0 Å². The van der Waals surface area contributed by atoms with E-state index < -0.39 is 0 Å². The summed E-state index contributed by atoms with van der Waals surface area (Å²) < 4.78 is 18.9. The van der Waals surface area contributed by atoms with Gasteiger partial charge in [-0.2, -0.15) is 0 Å². The number of hydrogen-bond donors (Lipinski definition) is 0. The predicted octanol–water partition coefficient (Wildman–Crippen LogP) is 6.08. The van der Waals surface area contributed by atoms with E-state index in [4.69, 9.17) is 14.2 Å². The summed E-state index contributed by atoms with van der Waals surface area (Å²) in [6, 6.07) is 11.8. The first-order valence-corrected chi connectivity index (χ1v) is 9.14. The van der Waals surface area contributed by atoms with Crippen LogP contribution >= 0.6 is 31.9 Å². The smallest absolute Gasteiger partial charge is 0.142 e. The number of ether oxygens (including phenoxy) is 3. The van der Waals surface area contributed by atoms with E-state index in [9.17, 15) is 0 Å². The quantitative estimate of drug-likeness (QED) is 0.494. The lowest BCUT2D eigenvalue weighted by atomic mass is 10.2. The van der Waals surface area contributed by atoms with Gasteiger partial charge < -0.3 is 14.2 Å². The molecule has 2 rings (SSSR count). The van der Waals surface area contributed by atoms with Crippen molar-refractivity contribution in [3.05, 3.63) is 56.5 Å². The van der Waals surface area contributed by atoms with Crippen molar-refractivity contribution >= 4 is 31.9 Å². The molecule has 0 aliphatic rings. The van der Waals surface area contributed by atoms with Crippen molar-refractivity contribution in [1.29, 1.82) is 0 Å². The van der Waals surface area contributed by atoms with E-state index in [0.717, 1.165) is 31.6 Å². The maximum Gasteiger partial charge on any atom is 0.142 e. The maximum atomic E-state index is 6.08. The average molecular weight is 444 g/mol. The molecule has 0 unspecified atom stereocenters. The first kappa shape index (κ1) is 18.5. The van der Waals surface area contributed by atoms with Gasteiger partial charge in [-0.1, -0.05) is 24.3 Å². The molecule has 0 amide bonds. The van der Waals surface area contributed by atoms with E-state index in [2.05, 4.69) is 31.9 Å². The summed E-state index contributed by atoms with van der Waals surface area (Å²) >= 11 is 7.22. The third-order valence-electron chi connectivity index (χ3n) is 3.23. The molecular weight excluding hydrogens is 424 g/mol. The molecule has 5 heteroatoms. The molecule has 0 saturated carbocycles. The number of halogens is 2. The van der Waals surface area contributed by atoms with E-state index >= 15 is 0 Å². The molecule has 23 heavy (non-hydrogen) atoms. The second-order valence-corrected chi connectivity index (χ2v) is 6.42. The molecule has 0 fully saturated rings. The number of hydrogen-bond acceptors (Lipinski definition) is 3. The van der Waals surface area contributed by atoms with E-state index in [1.54, 1.807) is 0 Å². The van der Waals surface area contributed by atoms with Crippen molar-refractivity contribution in [1.82, 2.24) is 0 Å². The minimum atomic E-state index is 0.555. The van der Waals surface area contributed by atoms with Crippen molar-refractivity contribution in [2.75, 3.05) is 13.2 Å². The van der Waals surface area contributed by atoms with E-state index in [0.29, 0.717) is 26.4 Å². The summed E-state index contributed by atoms with van der Waals surface area (Å²) in [7, 11) is 0. The Morgan fingerprint density at radius 1 is 0.739 bits per heavy atom. The van der Waals surface area contributed by atoms with Gasteiger partial charge in [0.25, 0.3) is 0 Å². The van der Waals surface area contributed by atoms with E-state index in [1.807, 2.05) is 50.2 Å². The molecule has 0 bridgehead atoms. The molecule has 0 spiro atoms. The van der Waals surface area contributed by atoms with Gasteiger partial charge >= 0.3 is 0 Å². The molecule has 0 atom stereocenters. The zero-order valence-electron chi connectivity index (χ0n) is 13.3. The summed E-state index contributed by atoms with van der Waals surface area (Å²) in [5, 5.41) is 0. The summed E-state index contributed by atoms with van der Waals surface area (Å²) in [6.45, 7) is 6.44. The van der Waals surface area contributed by atoms with Crippen LogP contribution in [0.4, 0.5) is 0 Å². The van der Waals surface area contributed by atoms with Crippen LogP contribution in [0, 0.1) is 0 Å². The minimum Gasteiger partial charge on any atom is -0.455 e. The topological polar surface area (TPSA) is 27.7 Å².